The second-order valence-electron chi connectivity index (χ2n) is 4.04. The van der Waals surface area contributed by atoms with Gasteiger partial charge in [-0.15, -0.1) is 6.42 Å². The van der Waals surface area contributed by atoms with Crippen LogP contribution in [0.1, 0.15) is 32.6 Å². The molecule has 1 fully saturated rings. The Kier molecular flexibility index (Phi) is 5.20. The molecule has 0 radical (unpaired) electrons. The molecule has 0 aromatic heterocycles. The lowest BCUT2D eigenvalue weighted by Crippen LogP contribution is -2.39. The molecule has 0 aliphatic heterocycles. The number of rotatable bonds is 7. The zero-order chi connectivity index (χ0) is 11.1. The molecule has 0 unspecified atom stereocenters. The fraction of sp³-hybridized carbons (Fsp3) is 0.750. The van der Waals surface area contributed by atoms with E-state index in [1.165, 1.54) is 25.7 Å². The average molecular weight is 208 g/mol. The largest absolute Gasteiger partial charge is 0.344 e. The Hall–Kier alpha value is -1.01. The van der Waals surface area contributed by atoms with E-state index in [4.69, 9.17) is 6.42 Å². The zero-order valence-electron chi connectivity index (χ0n) is 9.46. The van der Waals surface area contributed by atoms with Gasteiger partial charge in [0.25, 0.3) is 0 Å². The van der Waals surface area contributed by atoms with Crippen LogP contribution in [-0.4, -0.2) is 36.5 Å². The van der Waals surface area contributed by atoms with E-state index in [0.717, 1.165) is 6.54 Å². The molecule has 1 saturated carbocycles. The first-order chi connectivity index (χ1) is 7.27. The highest BCUT2D eigenvalue weighted by molar-refractivity contribution is 5.78. The summed E-state index contributed by atoms with van der Waals surface area (Å²) in [5.74, 6) is 2.46. The van der Waals surface area contributed by atoms with E-state index in [9.17, 15) is 4.79 Å². The quantitative estimate of drug-likeness (QED) is 0.633. The van der Waals surface area contributed by atoms with Crippen LogP contribution in [0, 0.1) is 12.3 Å². The summed E-state index contributed by atoms with van der Waals surface area (Å²) in [5.41, 5.74) is 0. The van der Waals surface area contributed by atoms with Crippen molar-refractivity contribution >= 4 is 5.91 Å². The van der Waals surface area contributed by atoms with Gasteiger partial charge in [-0.2, -0.15) is 0 Å². The van der Waals surface area contributed by atoms with E-state index in [-0.39, 0.29) is 5.91 Å². The molecule has 0 atom stereocenters. The first kappa shape index (κ1) is 12.1. The smallest absolute Gasteiger partial charge is 0.234 e. The van der Waals surface area contributed by atoms with E-state index in [2.05, 4.69) is 23.1 Å². The van der Waals surface area contributed by atoms with Gasteiger partial charge in [0.05, 0.1) is 13.1 Å². The Morgan fingerprint density at radius 2 is 2.33 bits per heavy atom. The summed E-state index contributed by atoms with van der Waals surface area (Å²) in [6, 6.07) is 0.646. The highest BCUT2D eigenvalue weighted by atomic mass is 16.2. The van der Waals surface area contributed by atoms with Crippen molar-refractivity contribution in [3.05, 3.63) is 0 Å². The van der Waals surface area contributed by atoms with Crippen molar-refractivity contribution < 1.29 is 4.79 Å². The van der Waals surface area contributed by atoms with Gasteiger partial charge >= 0.3 is 0 Å². The van der Waals surface area contributed by atoms with Crippen LogP contribution in [-0.2, 0) is 4.79 Å². The second-order valence-corrected chi connectivity index (χ2v) is 4.04. The van der Waals surface area contributed by atoms with Gasteiger partial charge in [-0.05, 0) is 25.8 Å². The lowest BCUT2D eigenvalue weighted by atomic mass is 10.3. The molecule has 0 saturated heterocycles. The van der Waals surface area contributed by atoms with Crippen molar-refractivity contribution in [3.63, 3.8) is 0 Å². The molecule has 3 nitrogen and oxygen atoms in total. The van der Waals surface area contributed by atoms with Crippen LogP contribution in [0.4, 0.5) is 0 Å². The van der Waals surface area contributed by atoms with Gasteiger partial charge in [0, 0.05) is 6.04 Å². The summed E-state index contributed by atoms with van der Waals surface area (Å²) in [4.78, 5) is 13.7. The molecular formula is C12H20N2O. The number of unbranched alkanes of at least 4 members (excludes halogenated alkanes) is 1. The highest BCUT2D eigenvalue weighted by Crippen LogP contribution is 2.26. The minimum atomic E-state index is 0.0518. The number of carbonyl (C=O) groups is 1. The Morgan fingerprint density at radius 3 is 2.87 bits per heavy atom. The number of hydrogen-bond acceptors (Lipinski definition) is 2. The maximum Gasteiger partial charge on any atom is 0.234 e. The molecule has 15 heavy (non-hydrogen) atoms. The van der Waals surface area contributed by atoms with Gasteiger partial charge in [0.2, 0.25) is 5.91 Å². The minimum Gasteiger partial charge on any atom is -0.344 e. The van der Waals surface area contributed by atoms with Crippen molar-refractivity contribution in [2.45, 2.75) is 38.6 Å². The molecule has 0 aromatic carbocycles. The number of amides is 1. The van der Waals surface area contributed by atoms with Crippen LogP contribution in [0.25, 0.3) is 0 Å². The fourth-order valence-corrected chi connectivity index (χ4v) is 1.58. The predicted octanol–water partition coefficient (Wildman–Crippen LogP) is 1.00. The van der Waals surface area contributed by atoms with E-state index < -0.39 is 0 Å². The Bertz CT molecular complexity index is 240. The number of terminal acetylenes is 1. The van der Waals surface area contributed by atoms with Gasteiger partial charge in [0.15, 0.2) is 0 Å². The Balaban J connectivity index is 2.24. The predicted molar refractivity (Wildman–Crippen MR) is 61.3 cm³/mol. The normalized spacial score (nSPS) is 15.0. The number of hydrogen-bond donors (Lipinski definition) is 1. The molecule has 3 heteroatoms. The summed E-state index contributed by atoms with van der Waals surface area (Å²) >= 11 is 0. The molecule has 0 heterocycles. The van der Waals surface area contributed by atoms with Crippen molar-refractivity contribution in [1.29, 1.82) is 0 Å². The second kappa shape index (κ2) is 6.47. The van der Waals surface area contributed by atoms with Gasteiger partial charge in [0.1, 0.15) is 0 Å². The molecule has 1 N–H and O–H groups in total. The summed E-state index contributed by atoms with van der Waals surface area (Å²) in [6.07, 6.45) is 9.91. The third-order valence-corrected chi connectivity index (χ3v) is 2.60. The molecule has 1 rings (SSSR count). The Morgan fingerprint density at radius 1 is 1.60 bits per heavy atom. The molecule has 84 valence electrons. The SMILES string of the molecule is C#CCNC(=O)CN(CCCC)C1CC1. The monoisotopic (exact) mass is 208 g/mol. The maximum absolute atomic E-state index is 11.5. The molecule has 0 bridgehead atoms. The van der Waals surface area contributed by atoms with Crippen LogP contribution in [0.2, 0.25) is 0 Å². The summed E-state index contributed by atoms with van der Waals surface area (Å²) in [6.45, 7) is 4.05. The maximum atomic E-state index is 11.5. The van der Waals surface area contributed by atoms with E-state index in [1.54, 1.807) is 0 Å². The lowest BCUT2D eigenvalue weighted by molar-refractivity contribution is -0.122. The first-order valence-corrected chi connectivity index (χ1v) is 5.72. The number of carbonyl (C=O) groups excluding carboxylic acids is 1. The standard InChI is InChI=1S/C12H20N2O/c1-3-5-9-14(11-6-7-11)10-12(15)13-8-4-2/h2,11H,3,5-10H2,1H3,(H,13,15). The van der Waals surface area contributed by atoms with Gasteiger partial charge in [-0.3, -0.25) is 9.69 Å². The fourth-order valence-electron chi connectivity index (χ4n) is 1.58. The van der Waals surface area contributed by atoms with Crippen molar-refractivity contribution in [2.75, 3.05) is 19.6 Å². The minimum absolute atomic E-state index is 0.0518. The van der Waals surface area contributed by atoms with Crippen LogP contribution >= 0.6 is 0 Å². The van der Waals surface area contributed by atoms with Crippen LogP contribution in [0.15, 0.2) is 0 Å². The highest BCUT2D eigenvalue weighted by Gasteiger charge is 2.29. The van der Waals surface area contributed by atoms with E-state index >= 15 is 0 Å². The van der Waals surface area contributed by atoms with E-state index in [0.29, 0.717) is 19.1 Å². The molecule has 1 amide bonds. The average Bonchev–Trinajstić information content (AvgIpc) is 3.04. The van der Waals surface area contributed by atoms with Crippen molar-refractivity contribution in [2.24, 2.45) is 0 Å². The van der Waals surface area contributed by atoms with Crippen molar-refractivity contribution in [1.82, 2.24) is 10.2 Å². The third kappa shape index (κ3) is 4.85. The molecule has 1 aliphatic carbocycles. The third-order valence-electron chi connectivity index (χ3n) is 2.60. The van der Waals surface area contributed by atoms with Crippen LogP contribution < -0.4 is 5.32 Å². The number of nitrogens with one attached hydrogen (secondary N) is 1. The van der Waals surface area contributed by atoms with E-state index in [1.807, 2.05) is 0 Å². The molecule has 1 aliphatic rings. The summed E-state index contributed by atoms with van der Waals surface area (Å²) in [5, 5.41) is 2.71. The van der Waals surface area contributed by atoms with Gasteiger partial charge in [-0.1, -0.05) is 19.3 Å². The van der Waals surface area contributed by atoms with Gasteiger partial charge < -0.3 is 5.32 Å². The topological polar surface area (TPSA) is 32.3 Å². The van der Waals surface area contributed by atoms with Crippen LogP contribution in [0.5, 0.6) is 0 Å². The van der Waals surface area contributed by atoms with Crippen molar-refractivity contribution in [3.8, 4) is 12.3 Å². The lowest BCUT2D eigenvalue weighted by Gasteiger charge is -2.20. The Labute approximate surface area is 92.2 Å². The first-order valence-electron chi connectivity index (χ1n) is 5.72. The number of nitrogens with zero attached hydrogens (tertiary/aromatic N) is 1. The summed E-state index contributed by atoms with van der Waals surface area (Å²) in [7, 11) is 0. The zero-order valence-corrected chi connectivity index (χ0v) is 9.46. The molecular weight excluding hydrogens is 188 g/mol. The molecule has 0 spiro atoms. The summed E-state index contributed by atoms with van der Waals surface area (Å²) < 4.78 is 0. The molecule has 0 aromatic rings. The van der Waals surface area contributed by atoms with Gasteiger partial charge in [-0.25, -0.2) is 0 Å². The van der Waals surface area contributed by atoms with Crippen LogP contribution in [0.3, 0.4) is 0 Å².